The van der Waals surface area contributed by atoms with Crippen LogP contribution in [-0.4, -0.2) is 48.7 Å². The number of rotatable bonds is 6. The van der Waals surface area contributed by atoms with Crippen LogP contribution < -0.4 is 0 Å². The van der Waals surface area contributed by atoms with E-state index < -0.39 is 28.0 Å². The topological polar surface area (TPSA) is 96.5 Å². The first-order valence-corrected chi connectivity index (χ1v) is 12.5. The number of nitrogens with zero attached hydrogens (tertiary/aromatic N) is 1. The molecule has 0 amide bonds. The predicted molar refractivity (Wildman–Crippen MR) is 119 cm³/mol. The van der Waals surface area contributed by atoms with Crippen molar-refractivity contribution < 1.29 is 22.7 Å². The molecule has 0 spiro atoms. The normalized spacial score (nSPS) is 18.7. The van der Waals surface area contributed by atoms with E-state index in [2.05, 4.69) is 4.98 Å². The van der Waals surface area contributed by atoms with Gasteiger partial charge in [-0.25, -0.2) is 8.42 Å². The van der Waals surface area contributed by atoms with E-state index in [4.69, 9.17) is 4.74 Å². The van der Waals surface area contributed by atoms with Gasteiger partial charge in [-0.15, -0.1) is 11.3 Å². The molecule has 3 aromatic rings. The lowest BCUT2D eigenvalue weighted by Crippen LogP contribution is -2.43. The first kappa shape index (κ1) is 21.7. The Morgan fingerprint density at radius 1 is 1.23 bits per heavy atom. The van der Waals surface area contributed by atoms with Gasteiger partial charge in [0, 0.05) is 35.2 Å². The number of fused-ring (bicyclic) bond motifs is 1. The van der Waals surface area contributed by atoms with E-state index in [0.717, 1.165) is 27.9 Å². The van der Waals surface area contributed by atoms with Gasteiger partial charge in [-0.05, 0) is 44.2 Å². The number of nitrogens with one attached hydrogen (secondary N) is 1. The number of aromatic nitrogens is 1. The van der Waals surface area contributed by atoms with Gasteiger partial charge in [0.25, 0.3) is 10.0 Å². The van der Waals surface area contributed by atoms with Crippen LogP contribution in [-0.2, 0) is 19.6 Å². The van der Waals surface area contributed by atoms with E-state index in [9.17, 15) is 18.0 Å². The fourth-order valence-electron chi connectivity index (χ4n) is 4.01. The molecule has 7 nitrogen and oxygen atoms in total. The molecule has 1 fully saturated rings. The first-order valence-electron chi connectivity index (χ1n) is 10.1. The number of aromatic amines is 1. The number of ether oxygens (including phenoxy) is 1. The van der Waals surface area contributed by atoms with Crippen molar-refractivity contribution in [1.82, 2.24) is 9.29 Å². The molecular formula is C22H24N2O5S2. The van der Waals surface area contributed by atoms with E-state index >= 15 is 0 Å². The molecule has 0 aliphatic carbocycles. The van der Waals surface area contributed by atoms with Gasteiger partial charge in [0.15, 0.2) is 6.10 Å². The summed E-state index contributed by atoms with van der Waals surface area (Å²) in [7, 11) is -3.62. The highest BCUT2D eigenvalue weighted by atomic mass is 32.2. The fraction of sp³-hybridized carbons (Fsp3) is 0.364. The Balaban J connectivity index is 1.46. The number of sulfonamides is 1. The van der Waals surface area contributed by atoms with Crippen molar-refractivity contribution >= 4 is 44.0 Å². The minimum atomic E-state index is -3.62. The van der Waals surface area contributed by atoms with Gasteiger partial charge in [0.1, 0.15) is 4.21 Å². The number of carbonyl (C=O) groups is 2. The number of aryl methyl sites for hydroxylation is 1. The van der Waals surface area contributed by atoms with E-state index in [1.54, 1.807) is 24.4 Å². The molecule has 2 aromatic heterocycles. The Morgan fingerprint density at radius 3 is 2.74 bits per heavy atom. The number of ketones is 1. The minimum Gasteiger partial charge on any atom is -0.454 e. The van der Waals surface area contributed by atoms with Crippen molar-refractivity contribution in [1.29, 1.82) is 0 Å². The van der Waals surface area contributed by atoms with E-state index in [1.807, 2.05) is 31.2 Å². The summed E-state index contributed by atoms with van der Waals surface area (Å²) in [5, 5.41) is 2.50. The maximum absolute atomic E-state index is 13.0. The lowest BCUT2D eigenvalue weighted by atomic mass is 9.99. The average molecular weight is 461 g/mol. The van der Waals surface area contributed by atoms with Crippen molar-refractivity contribution in [2.75, 3.05) is 13.1 Å². The second-order valence-electron chi connectivity index (χ2n) is 7.75. The van der Waals surface area contributed by atoms with E-state index in [-0.39, 0.29) is 16.5 Å². The maximum Gasteiger partial charge on any atom is 0.310 e. The van der Waals surface area contributed by atoms with Gasteiger partial charge < -0.3 is 9.72 Å². The monoisotopic (exact) mass is 460 g/mol. The van der Waals surface area contributed by atoms with Crippen molar-refractivity contribution in [3.63, 3.8) is 0 Å². The number of para-hydroxylation sites is 1. The van der Waals surface area contributed by atoms with Crippen LogP contribution in [0.25, 0.3) is 10.9 Å². The number of piperidine rings is 1. The molecule has 4 rings (SSSR count). The summed E-state index contributed by atoms with van der Waals surface area (Å²) in [6, 6.07) is 10.7. The number of H-pyrrole nitrogens is 1. The third kappa shape index (κ3) is 4.17. The molecule has 1 aliphatic rings. The molecule has 164 valence electrons. The molecule has 3 heterocycles. The number of esters is 1. The Kier molecular flexibility index (Phi) is 6.00. The third-order valence-corrected chi connectivity index (χ3v) is 8.85. The van der Waals surface area contributed by atoms with Gasteiger partial charge in [-0.1, -0.05) is 24.3 Å². The van der Waals surface area contributed by atoms with Crippen molar-refractivity contribution in [2.45, 2.75) is 37.0 Å². The van der Waals surface area contributed by atoms with Gasteiger partial charge in [-0.3, -0.25) is 9.59 Å². The van der Waals surface area contributed by atoms with E-state index in [1.165, 1.54) is 4.31 Å². The number of thiophene rings is 1. The average Bonchev–Trinajstić information content (AvgIpc) is 3.41. The standard InChI is InChI=1S/C22H24N2O5S2/c1-14-20(17-8-3-4-9-18(17)23-14)21(25)15(2)29-22(26)16-7-5-11-24(13-16)31(27,28)19-10-6-12-30-19/h3-4,6,8-10,12,15-16,23H,5,7,11,13H2,1-2H3/t15-,16+/m1/s1. The van der Waals surface area contributed by atoms with Crippen molar-refractivity contribution in [3.8, 4) is 0 Å². The van der Waals surface area contributed by atoms with Crippen LogP contribution in [0.15, 0.2) is 46.0 Å². The Morgan fingerprint density at radius 2 is 2.00 bits per heavy atom. The van der Waals surface area contributed by atoms with Gasteiger partial charge in [0.05, 0.1) is 5.92 Å². The van der Waals surface area contributed by atoms with Crippen LogP contribution in [0.5, 0.6) is 0 Å². The van der Waals surface area contributed by atoms with Crippen LogP contribution in [0.4, 0.5) is 0 Å². The third-order valence-electron chi connectivity index (χ3n) is 5.61. The van der Waals surface area contributed by atoms with Crippen LogP contribution in [0.2, 0.25) is 0 Å². The summed E-state index contributed by atoms with van der Waals surface area (Å²) in [6.45, 7) is 3.81. The zero-order chi connectivity index (χ0) is 22.2. The molecule has 2 atom stereocenters. The molecule has 1 aromatic carbocycles. The largest absolute Gasteiger partial charge is 0.454 e. The Labute approximate surface area is 185 Å². The summed E-state index contributed by atoms with van der Waals surface area (Å²) in [5.41, 5.74) is 2.09. The second kappa shape index (κ2) is 8.57. The van der Waals surface area contributed by atoms with Crippen molar-refractivity contribution in [3.05, 3.63) is 53.0 Å². The second-order valence-corrected chi connectivity index (χ2v) is 10.9. The summed E-state index contributed by atoms with van der Waals surface area (Å²) in [6.07, 6.45) is 0.131. The number of hydrogen-bond donors (Lipinski definition) is 1. The summed E-state index contributed by atoms with van der Waals surface area (Å²) < 4.78 is 32.7. The number of benzene rings is 1. The SMILES string of the molecule is Cc1[nH]c2ccccc2c1C(=O)[C@@H](C)OC(=O)[C@H]1CCCN(S(=O)(=O)c2cccs2)C1. The Hall–Kier alpha value is -2.49. The van der Waals surface area contributed by atoms with Gasteiger partial charge in [-0.2, -0.15) is 4.31 Å². The van der Waals surface area contributed by atoms with Crippen LogP contribution in [0.3, 0.4) is 0 Å². The summed E-state index contributed by atoms with van der Waals surface area (Å²) in [4.78, 5) is 29.0. The molecule has 0 bridgehead atoms. The number of carbonyl (C=O) groups excluding carboxylic acids is 2. The molecule has 0 radical (unpaired) electrons. The molecule has 1 saturated heterocycles. The zero-order valence-corrected chi connectivity index (χ0v) is 19.0. The molecule has 9 heteroatoms. The Bertz CT molecular complexity index is 1210. The highest BCUT2D eigenvalue weighted by Crippen LogP contribution is 2.28. The smallest absolute Gasteiger partial charge is 0.310 e. The quantitative estimate of drug-likeness (QED) is 0.446. The molecule has 1 aliphatic heterocycles. The van der Waals surface area contributed by atoms with Gasteiger partial charge in [0.2, 0.25) is 5.78 Å². The van der Waals surface area contributed by atoms with Crippen LogP contribution in [0.1, 0.15) is 35.8 Å². The van der Waals surface area contributed by atoms with E-state index in [0.29, 0.717) is 24.9 Å². The molecular weight excluding hydrogens is 436 g/mol. The zero-order valence-electron chi connectivity index (χ0n) is 17.3. The molecule has 0 saturated carbocycles. The van der Waals surface area contributed by atoms with Crippen molar-refractivity contribution in [2.24, 2.45) is 5.92 Å². The van der Waals surface area contributed by atoms with Gasteiger partial charge >= 0.3 is 5.97 Å². The lowest BCUT2D eigenvalue weighted by Gasteiger charge is -2.30. The number of Topliss-reactive ketones (excluding diaryl/α,β-unsaturated/α-hetero) is 1. The number of hydrogen-bond acceptors (Lipinski definition) is 6. The highest BCUT2D eigenvalue weighted by molar-refractivity contribution is 7.91. The maximum atomic E-state index is 13.0. The summed E-state index contributed by atoms with van der Waals surface area (Å²) in [5.74, 6) is -1.41. The summed E-state index contributed by atoms with van der Waals surface area (Å²) >= 11 is 1.15. The molecule has 31 heavy (non-hydrogen) atoms. The predicted octanol–water partition coefficient (Wildman–Crippen LogP) is 3.75. The fourth-order valence-corrected chi connectivity index (χ4v) is 6.68. The lowest BCUT2D eigenvalue weighted by molar-refractivity contribution is -0.152. The highest BCUT2D eigenvalue weighted by Gasteiger charge is 2.36. The molecule has 1 N–H and O–H groups in total. The van der Waals surface area contributed by atoms with Crippen LogP contribution >= 0.6 is 11.3 Å². The minimum absolute atomic E-state index is 0.0616. The van der Waals surface area contributed by atoms with Crippen LogP contribution in [0, 0.1) is 12.8 Å². The molecule has 0 unspecified atom stereocenters. The first-order chi connectivity index (χ1) is 14.8.